The molecule has 7 heteroatoms. The Kier molecular flexibility index (Phi) is 4.70. The van der Waals surface area contributed by atoms with E-state index in [1.807, 2.05) is 48.6 Å². The van der Waals surface area contributed by atoms with E-state index in [-0.39, 0.29) is 24.2 Å². The number of nitrogens with one attached hydrogen (secondary N) is 1. The molecule has 1 aliphatic heterocycles. The molecule has 0 radical (unpaired) electrons. The van der Waals surface area contributed by atoms with Crippen molar-refractivity contribution in [3.63, 3.8) is 0 Å². The number of amides is 2. The van der Waals surface area contributed by atoms with E-state index in [0.717, 1.165) is 22.2 Å². The van der Waals surface area contributed by atoms with E-state index in [4.69, 9.17) is 0 Å². The zero-order valence-electron chi connectivity index (χ0n) is 15.1. The van der Waals surface area contributed by atoms with E-state index in [1.54, 1.807) is 18.2 Å². The van der Waals surface area contributed by atoms with Crippen LogP contribution in [0.1, 0.15) is 32.0 Å². The normalized spacial score (nSPS) is 13.2. The van der Waals surface area contributed by atoms with Gasteiger partial charge in [-0.1, -0.05) is 42.5 Å². The Hall–Kier alpha value is -3.77. The van der Waals surface area contributed by atoms with Gasteiger partial charge in [0, 0.05) is 17.8 Å². The lowest BCUT2D eigenvalue weighted by Crippen LogP contribution is -2.29. The van der Waals surface area contributed by atoms with Crippen molar-refractivity contribution >= 4 is 53.0 Å². The number of aromatic nitrogens is 3. The monoisotopic (exact) mass is 402 g/mol. The third kappa shape index (κ3) is 2.99. The van der Waals surface area contributed by atoms with Crippen LogP contribution in [0.2, 0.25) is 0 Å². The third-order valence-electron chi connectivity index (χ3n) is 4.79. The topological polar surface area (TPSA) is 79.0 Å². The number of benzene rings is 2. The molecule has 0 bridgehead atoms. The van der Waals surface area contributed by atoms with Gasteiger partial charge in [-0.25, -0.2) is 4.90 Å². The highest BCUT2D eigenvalue weighted by Gasteiger charge is 2.37. The number of nitrogens with zero attached hydrogens (tertiary/aromatic N) is 3. The van der Waals surface area contributed by atoms with Crippen LogP contribution in [0.15, 0.2) is 67.0 Å². The van der Waals surface area contributed by atoms with Crippen molar-refractivity contribution in [3.8, 4) is 0 Å². The van der Waals surface area contributed by atoms with Gasteiger partial charge in [-0.3, -0.25) is 19.7 Å². The van der Waals surface area contributed by atoms with Gasteiger partial charge in [0.25, 0.3) is 11.8 Å². The average molecular weight is 403 g/mol. The first-order chi connectivity index (χ1) is 13.7. The molecule has 5 rings (SSSR count). The number of halogens is 1. The Bertz CT molecular complexity index is 1240. The Morgan fingerprint density at radius 1 is 0.862 bits per heavy atom. The van der Waals surface area contributed by atoms with Crippen molar-refractivity contribution < 1.29 is 9.59 Å². The molecule has 6 nitrogen and oxygen atoms in total. The number of rotatable bonds is 3. The lowest BCUT2D eigenvalue weighted by Gasteiger charge is -2.16. The highest BCUT2D eigenvalue weighted by molar-refractivity contribution is 6.34. The first-order valence-electron chi connectivity index (χ1n) is 8.77. The molecule has 2 amide bonds. The summed E-state index contributed by atoms with van der Waals surface area (Å²) >= 11 is 0. The molecule has 4 aromatic rings. The van der Waals surface area contributed by atoms with Gasteiger partial charge in [0.05, 0.1) is 28.0 Å². The quantitative estimate of drug-likeness (QED) is 0.517. The van der Waals surface area contributed by atoms with E-state index < -0.39 is 0 Å². The molecule has 0 unspecified atom stereocenters. The van der Waals surface area contributed by atoms with E-state index in [9.17, 15) is 9.59 Å². The molecule has 0 saturated carbocycles. The fourth-order valence-electron chi connectivity index (χ4n) is 3.42. The van der Waals surface area contributed by atoms with Gasteiger partial charge in [0.2, 0.25) is 0 Å². The molecule has 0 fully saturated rings. The Morgan fingerprint density at radius 2 is 1.62 bits per heavy atom. The number of aromatic amines is 1. The van der Waals surface area contributed by atoms with Gasteiger partial charge in [0.1, 0.15) is 0 Å². The SMILES string of the molecule is Cl.O=C1c2ccncc2C(=O)N1c1ccccc1C=Cc1n[nH]c2ccccc12. The smallest absolute Gasteiger partial charge is 0.267 e. The van der Waals surface area contributed by atoms with Crippen molar-refractivity contribution in [2.24, 2.45) is 0 Å². The van der Waals surface area contributed by atoms with Crippen LogP contribution in [-0.2, 0) is 0 Å². The molecule has 2 aromatic carbocycles. The summed E-state index contributed by atoms with van der Waals surface area (Å²) in [5.74, 6) is -0.701. The molecule has 0 saturated heterocycles. The molecule has 0 atom stereocenters. The van der Waals surface area contributed by atoms with Crippen LogP contribution in [0.3, 0.4) is 0 Å². The first kappa shape index (κ1) is 18.6. The highest BCUT2D eigenvalue weighted by Crippen LogP contribution is 2.31. The van der Waals surface area contributed by atoms with Gasteiger partial charge >= 0.3 is 0 Å². The number of imide groups is 1. The lowest BCUT2D eigenvalue weighted by molar-refractivity contribution is 0.0926. The van der Waals surface area contributed by atoms with Crippen molar-refractivity contribution in [3.05, 3.63) is 89.4 Å². The van der Waals surface area contributed by atoms with E-state index >= 15 is 0 Å². The fraction of sp³-hybridized carbons (Fsp3) is 0. The molecule has 3 heterocycles. The minimum absolute atomic E-state index is 0. The predicted octanol–water partition coefficient (Wildman–Crippen LogP) is 4.35. The summed E-state index contributed by atoms with van der Waals surface area (Å²) in [4.78, 5) is 30.8. The van der Waals surface area contributed by atoms with Crippen molar-refractivity contribution in [1.82, 2.24) is 15.2 Å². The second-order valence-corrected chi connectivity index (χ2v) is 6.41. The second-order valence-electron chi connectivity index (χ2n) is 6.41. The highest BCUT2D eigenvalue weighted by atomic mass is 35.5. The zero-order chi connectivity index (χ0) is 19.1. The Balaban J connectivity index is 0.00000205. The van der Waals surface area contributed by atoms with Crippen LogP contribution < -0.4 is 4.90 Å². The first-order valence-corrected chi connectivity index (χ1v) is 8.77. The van der Waals surface area contributed by atoms with Crippen LogP contribution in [-0.4, -0.2) is 27.0 Å². The van der Waals surface area contributed by atoms with Gasteiger partial charge in [-0.2, -0.15) is 5.10 Å². The van der Waals surface area contributed by atoms with Crippen molar-refractivity contribution in [2.45, 2.75) is 0 Å². The van der Waals surface area contributed by atoms with Crippen LogP contribution in [0.5, 0.6) is 0 Å². The molecule has 29 heavy (non-hydrogen) atoms. The summed E-state index contributed by atoms with van der Waals surface area (Å²) in [5.41, 5.74) is 3.71. The minimum atomic E-state index is -0.362. The number of H-pyrrole nitrogens is 1. The second kappa shape index (κ2) is 7.33. The van der Waals surface area contributed by atoms with Crippen molar-refractivity contribution in [1.29, 1.82) is 0 Å². The number of carbonyl (C=O) groups is 2. The summed E-state index contributed by atoms with van der Waals surface area (Å²) in [7, 11) is 0. The molecule has 1 N–H and O–H groups in total. The van der Waals surface area contributed by atoms with Gasteiger partial charge in [0.15, 0.2) is 0 Å². The average Bonchev–Trinajstić information content (AvgIpc) is 3.26. The molecule has 142 valence electrons. The van der Waals surface area contributed by atoms with Crippen molar-refractivity contribution in [2.75, 3.05) is 4.90 Å². The maximum absolute atomic E-state index is 12.8. The van der Waals surface area contributed by atoms with Gasteiger partial charge < -0.3 is 0 Å². The summed E-state index contributed by atoms with van der Waals surface area (Å²) in [6.45, 7) is 0. The summed E-state index contributed by atoms with van der Waals surface area (Å²) in [5, 5.41) is 8.33. The molecule has 1 aliphatic rings. The third-order valence-corrected chi connectivity index (χ3v) is 4.79. The summed E-state index contributed by atoms with van der Waals surface area (Å²) < 4.78 is 0. The number of para-hydroxylation sites is 2. The Labute approximate surface area is 172 Å². The molecule has 0 aliphatic carbocycles. The number of fused-ring (bicyclic) bond motifs is 2. The van der Waals surface area contributed by atoms with E-state index in [1.165, 1.54) is 17.3 Å². The maximum Gasteiger partial charge on any atom is 0.267 e. The molecule has 0 spiro atoms. The number of pyridine rings is 1. The Morgan fingerprint density at radius 3 is 2.48 bits per heavy atom. The number of hydrogen-bond donors (Lipinski definition) is 1. The predicted molar refractivity (Wildman–Crippen MR) is 114 cm³/mol. The maximum atomic E-state index is 12.8. The van der Waals surface area contributed by atoms with Crippen LogP contribution in [0.4, 0.5) is 5.69 Å². The number of anilines is 1. The number of hydrogen-bond acceptors (Lipinski definition) is 4. The largest absolute Gasteiger partial charge is 0.277 e. The van der Waals surface area contributed by atoms with E-state index in [2.05, 4.69) is 15.2 Å². The van der Waals surface area contributed by atoms with Gasteiger partial charge in [-0.15, -0.1) is 12.4 Å². The van der Waals surface area contributed by atoms with E-state index in [0.29, 0.717) is 16.8 Å². The fourth-order valence-corrected chi connectivity index (χ4v) is 3.42. The lowest BCUT2D eigenvalue weighted by atomic mass is 10.1. The van der Waals surface area contributed by atoms with Crippen LogP contribution in [0.25, 0.3) is 23.1 Å². The minimum Gasteiger partial charge on any atom is -0.277 e. The zero-order valence-corrected chi connectivity index (χ0v) is 15.9. The summed E-state index contributed by atoms with van der Waals surface area (Å²) in [6.07, 6.45) is 6.68. The number of carbonyl (C=O) groups excluding carboxylic acids is 2. The van der Waals surface area contributed by atoms with Gasteiger partial charge in [-0.05, 0) is 29.8 Å². The summed E-state index contributed by atoms with van der Waals surface area (Å²) in [6, 6.07) is 16.7. The van der Waals surface area contributed by atoms with Crippen LogP contribution >= 0.6 is 12.4 Å². The molecular weight excluding hydrogens is 388 g/mol. The van der Waals surface area contributed by atoms with Crippen LogP contribution in [0, 0.1) is 0 Å². The standard InChI is InChI=1S/C22H14N4O2.ClH/c27-21-15-11-12-23-13-17(15)22(28)26(21)20-8-4-1-5-14(20)9-10-19-16-6-2-3-7-18(16)24-25-19;/h1-13H,(H,24,25);1H. The molecular formula is C22H15ClN4O2. The molecule has 2 aromatic heterocycles.